The van der Waals surface area contributed by atoms with E-state index >= 15 is 0 Å². The summed E-state index contributed by atoms with van der Waals surface area (Å²) in [4.78, 5) is 32.0. The molecule has 2 amide bonds. The average Bonchev–Trinajstić information content (AvgIpc) is 2.84. The van der Waals surface area contributed by atoms with Crippen molar-refractivity contribution in [2.75, 3.05) is 67.1 Å². The molecule has 10 heteroatoms. The molecule has 1 aromatic rings. The van der Waals surface area contributed by atoms with Crippen molar-refractivity contribution in [2.24, 2.45) is 5.92 Å². The number of rotatable bonds is 9. The molecule has 37 heavy (non-hydrogen) atoms. The first-order valence-corrected chi connectivity index (χ1v) is 14.7. The van der Waals surface area contributed by atoms with Crippen LogP contribution in [0, 0.1) is 26.7 Å². The van der Waals surface area contributed by atoms with Crippen LogP contribution in [0.3, 0.4) is 0 Å². The van der Waals surface area contributed by atoms with Crippen LogP contribution in [-0.4, -0.2) is 112 Å². The number of carbonyl (C=O) groups excluding carboxylic acids is 2. The van der Waals surface area contributed by atoms with Gasteiger partial charge in [-0.3, -0.25) is 9.59 Å². The summed E-state index contributed by atoms with van der Waals surface area (Å²) in [5.41, 5.74) is 2.46. The van der Waals surface area contributed by atoms with Gasteiger partial charge < -0.3 is 19.4 Å². The first kappa shape index (κ1) is 29.5. The van der Waals surface area contributed by atoms with Crippen molar-refractivity contribution in [1.82, 2.24) is 19.0 Å². The molecule has 0 aromatic heterocycles. The Kier molecular flexibility index (Phi) is 10.1. The summed E-state index contributed by atoms with van der Waals surface area (Å²) in [6, 6.07) is 3.70. The maximum absolute atomic E-state index is 13.1. The molecule has 2 saturated heterocycles. The number of hydrogen-bond donors (Lipinski definition) is 0. The number of sulfonamides is 1. The molecule has 2 aliphatic rings. The van der Waals surface area contributed by atoms with Gasteiger partial charge in [0, 0.05) is 46.3 Å². The smallest absolute Gasteiger partial charge is 0.248 e. The van der Waals surface area contributed by atoms with Crippen LogP contribution in [0.4, 0.5) is 0 Å². The third kappa shape index (κ3) is 7.31. The molecule has 0 spiro atoms. The summed E-state index contributed by atoms with van der Waals surface area (Å²) in [5, 5.41) is 0. The van der Waals surface area contributed by atoms with Crippen molar-refractivity contribution in [3.8, 4) is 0 Å². The number of aryl methyl sites for hydroxylation is 3. The number of ether oxygens (including phenoxy) is 1. The van der Waals surface area contributed by atoms with E-state index in [1.165, 1.54) is 11.4 Å². The zero-order chi connectivity index (χ0) is 27.3. The number of piperidine rings is 2. The number of carbonyl (C=O) groups is 2. The summed E-state index contributed by atoms with van der Waals surface area (Å²) < 4.78 is 33.1. The fourth-order valence-electron chi connectivity index (χ4n) is 5.60. The van der Waals surface area contributed by atoms with E-state index < -0.39 is 10.0 Å². The minimum atomic E-state index is -3.66. The molecule has 2 heterocycles. The van der Waals surface area contributed by atoms with Gasteiger partial charge in [0.1, 0.15) is 6.61 Å². The molecule has 2 unspecified atom stereocenters. The molecule has 2 fully saturated rings. The Hall–Kier alpha value is -2.01. The molecule has 0 radical (unpaired) electrons. The third-order valence-electron chi connectivity index (χ3n) is 7.67. The minimum absolute atomic E-state index is 0.0364. The van der Waals surface area contributed by atoms with E-state index in [1.54, 1.807) is 25.8 Å². The van der Waals surface area contributed by atoms with Crippen molar-refractivity contribution >= 4 is 21.8 Å². The maximum atomic E-state index is 13.1. The highest BCUT2D eigenvalue weighted by Crippen LogP contribution is 2.25. The molecule has 3 rings (SSSR count). The Labute approximate surface area is 222 Å². The lowest BCUT2D eigenvalue weighted by molar-refractivity contribution is -0.144. The van der Waals surface area contributed by atoms with Crippen LogP contribution in [0.15, 0.2) is 17.0 Å². The van der Waals surface area contributed by atoms with Gasteiger partial charge in [-0.25, -0.2) is 8.42 Å². The van der Waals surface area contributed by atoms with Crippen LogP contribution < -0.4 is 0 Å². The Morgan fingerprint density at radius 2 is 1.68 bits per heavy atom. The topological polar surface area (TPSA) is 90.5 Å². The Bertz CT molecular complexity index is 1050. The van der Waals surface area contributed by atoms with Crippen LogP contribution in [0.1, 0.15) is 42.4 Å². The highest BCUT2D eigenvalue weighted by Gasteiger charge is 2.33. The zero-order valence-electron chi connectivity index (χ0n) is 23.3. The quantitative estimate of drug-likeness (QED) is 0.449. The first-order valence-electron chi connectivity index (χ1n) is 13.3. The second-order valence-electron chi connectivity index (χ2n) is 10.8. The van der Waals surface area contributed by atoms with Crippen LogP contribution in [0.2, 0.25) is 0 Å². The van der Waals surface area contributed by atoms with Crippen LogP contribution in [0.25, 0.3) is 0 Å². The lowest BCUT2D eigenvalue weighted by atomic mass is 9.95. The van der Waals surface area contributed by atoms with E-state index in [4.69, 9.17) is 4.74 Å². The summed E-state index contributed by atoms with van der Waals surface area (Å²) in [6.07, 6.45) is 3.70. The molecular formula is C27H44N4O5S. The highest BCUT2D eigenvalue weighted by molar-refractivity contribution is 7.89. The Morgan fingerprint density at radius 3 is 2.32 bits per heavy atom. The SMILES string of the molecule is Cc1cc(C)c(S(=O)(=O)N(C)CCOCC(=O)N(C)C2CCCN(C(=O)C3CCCN(C)C3)C2)c(C)c1. The molecule has 2 atom stereocenters. The molecular weight excluding hydrogens is 492 g/mol. The van der Waals surface area contributed by atoms with Crippen molar-refractivity contribution in [1.29, 1.82) is 0 Å². The van der Waals surface area contributed by atoms with Crippen molar-refractivity contribution in [3.63, 3.8) is 0 Å². The lowest BCUT2D eigenvalue weighted by Crippen LogP contribution is -2.53. The fraction of sp³-hybridized carbons (Fsp3) is 0.704. The number of benzene rings is 1. The van der Waals surface area contributed by atoms with Gasteiger partial charge in [-0.1, -0.05) is 17.7 Å². The van der Waals surface area contributed by atoms with Gasteiger partial charge in [-0.2, -0.15) is 4.31 Å². The largest absolute Gasteiger partial charge is 0.370 e. The number of nitrogens with zero attached hydrogens (tertiary/aromatic N) is 4. The van der Waals surface area contributed by atoms with Gasteiger partial charge in [0.05, 0.1) is 17.4 Å². The van der Waals surface area contributed by atoms with Crippen molar-refractivity contribution in [2.45, 2.75) is 57.4 Å². The van der Waals surface area contributed by atoms with Gasteiger partial charge in [0.15, 0.2) is 0 Å². The summed E-state index contributed by atoms with van der Waals surface area (Å²) in [5.74, 6) is 0.0895. The summed E-state index contributed by atoms with van der Waals surface area (Å²) >= 11 is 0. The summed E-state index contributed by atoms with van der Waals surface area (Å²) in [7, 11) is 1.69. The molecule has 9 nitrogen and oxygen atoms in total. The van der Waals surface area contributed by atoms with E-state index in [9.17, 15) is 18.0 Å². The lowest BCUT2D eigenvalue weighted by Gasteiger charge is -2.40. The van der Waals surface area contributed by atoms with E-state index in [2.05, 4.69) is 11.9 Å². The second-order valence-corrected chi connectivity index (χ2v) is 12.8. The molecule has 208 valence electrons. The molecule has 0 aliphatic carbocycles. The standard InChI is InChI=1S/C27H44N4O5S/c1-20-15-21(2)26(22(3)16-20)37(34,35)29(5)13-14-36-19-25(32)30(6)24-10-8-12-31(18-24)27(33)23-9-7-11-28(4)17-23/h15-16,23-24H,7-14,17-19H2,1-6H3. The normalized spacial score (nSPS) is 21.3. The molecule has 2 aliphatic heterocycles. The number of likely N-dealkylation sites (tertiary alicyclic amines) is 2. The number of hydrogen-bond acceptors (Lipinski definition) is 6. The van der Waals surface area contributed by atoms with E-state index in [-0.39, 0.29) is 43.5 Å². The first-order chi connectivity index (χ1) is 17.4. The second kappa shape index (κ2) is 12.7. The van der Waals surface area contributed by atoms with Crippen LogP contribution in [0.5, 0.6) is 0 Å². The van der Waals surface area contributed by atoms with E-state index in [0.29, 0.717) is 11.4 Å². The third-order valence-corrected chi connectivity index (χ3v) is 9.84. The van der Waals surface area contributed by atoms with Gasteiger partial charge in [-0.15, -0.1) is 0 Å². The highest BCUT2D eigenvalue weighted by atomic mass is 32.2. The monoisotopic (exact) mass is 536 g/mol. The predicted octanol–water partition coefficient (Wildman–Crippen LogP) is 2.04. The maximum Gasteiger partial charge on any atom is 0.248 e. The summed E-state index contributed by atoms with van der Waals surface area (Å²) in [6.45, 7) is 8.83. The Morgan fingerprint density at radius 1 is 1.03 bits per heavy atom. The van der Waals surface area contributed by atoms with Crippen LogP contribution in [-0.2, 0) is 24.3 Å². The van der Waals surface area contributed by atoms with E-state index in [0.717, 1.165) is 62.0 Å². The van der Waals surface area contributed by atoms with Crippen LogP contribution >= 0.6 is 0 Å². The van der Waals surface area contributed by atoms with Gasteiger partial charge >= 0.3 is 0 Å². The zero-order valence-corrected chi connectivity index (χ0v) is 24.1. The number of amides is 2. The number of likely N-dealkylation sites (N-methyl/N-ethyl adjacent to an activating group) is 2. The van der Waals surface area contributed by atoms with Gasteiger partial charge in [0.2, 0.25) is 21.8 Å². The molecule has 0 saturated carbocycles. The Balaban J connectivity index is 1.47. The van der Waals surface area contributed by atoms with Gasteiger partial charge in [0.25, 0.3) is 0 Å². The van der Waals surface area contributed by atoms with Crippen molar-refractivity contribution in [3.05, 3.63) is 28.8 Å². The average molecular weight is 537 g/mol. The minimum Gasteiger partial charge on any atom is -0.370 e. The van der Waals surface area contributed by atoms with Crippen molar-refractivity contribution < 1.29 is 22.7 Å². The fourth-order valence-corrected chi connectivity index (χ4v) is 7.16. The van der Waals surface area contributed by atoms with E-state index in [1.807, 2.05) is 24.0 Å². The molecule has 1 aromatic carbocycles. The predicted molar refractivity (Wildman–Crippen MR) is 144 cm³/mol. The molecule has 0 bridgehead atoms. The van der Waals surface area contributed by atoms with Gasteiger partial charge in [-0.05, 0) is 71.2 Å². The molecule has 0 N–H and O–H groups in total.